The van der Waals surface area contributed by atoms with Gasteiger partial charge in [0, 0.05) is 19.4 Å². The third-order valence-corrected chi connectivity index (χ3v) is 7.27. The first kappa shape index (κ1) is 38.8. The number of aromatic hydroxyl groups is 2. The molecular weight excluding hydrogens is 624 g/mol. The highest BCUT2D eigenvalue weighted by Gasteiger charge is 2.30. The van der Waals surface area contributed by atoms with Crippen LogP contribution in [-0.2, 0) is 36.8 Å². The van der Waals surface area contributed by atoms with Gasteiger partial charge in [0.2, 0.25) is 23.6 Å². The number of benzene rings is 2. The van der Waals surface area contributed by atoms with Gasteiger partial charge in [0.15, 0.2) is 5.96 Å². The van der Waals surface area contributed by atoms with Crippen molar-refractivity contribution in [1.82, 2.24) is 26.7 Å². The summed E-state index contributed by atoms with van der Waals surface area (Å²) in [5.41, 5.74) is 19.9. The van der Waals surface area contributed by atoms with Crippen LogP contribution in [0.3, 0.4) is 0 Å². The fourth-order valence-electron chi connectivity index (χ4n) is 4.44. The van der Waals surface area contributed by atoms with Crippen molar-refractivity contribution < 1.29 is 34.2 Å². The predicted octanol–water partition coefficient (Wildman–Crippen LogP) is -2.38. The third kappa shape index (κ3) is 13.1. The van der Waals surface area contributed by atoms with Crippen LogP contribution in [0.5, 0.6) is 11.5 Å². The van der Waals surface area contributed by atoms with Crippen molar-refractivity contribution in [2.24, 2.45) is 28.0 Å². The molecule has 0 saturated carbocycles. The van der Waals surface area contributed by atoms with Gasteiger partial charge in [-0.2, -0.15) is 0 Å². The number of phenolic OH excluding ortho intramolecular Hbond substituents is 2. The Morgan fingerprint density at radius 1 is 0.708 bits per heavy atom. The number of nitrogens with zero attached hydrogens (tertiary/aromatic N) is 1. The van der Waals surface area contributed by atoms with E-state index in [0.29, 0.717) is 17.5 Å². The van der Waals surface area contributed by atoms with Gasteiger partial charge in [-0.3, -0.25) is 34.4 Å². The van der Waals surface area contributed by atoms with E-state index < -0.39 is 59.7 Å². The minimum atomic E-state index is -1.19. The summed E-state index contributed by atoms with van der Waals surface area (Å²) in [6.45, 7) is 3.25. The van der Waals surface area contributed by atoms with E-state index in [-0.39, 0.29) is 49.7 Å². The Bertz CT molecular complexity index is 1420. The van der Waals surface area contributed by atoms with E-state index in [2.05, 4.69) is 26.3 Å². The largest absolute Gasteiger partial charge is 0.508 e. The minimum absolute atomic E-state index is 0.0149. The molecule has 0 aliphatic rings. The van der Waals surface area contributed by atoms with Crippen LogP contribution in [0.2, 0.25) is 0 Å². The van der Waals surface area contributed by atoms with Gasteiger partial charge in [-0.15, -0.1) is 0 Å². The maximum absolute atomic E-state index is 13.6. The highest BCUT2D eigenvalue weighted by Crippen LogP contribution is 2.13. The fourth-order valence-corrected chi connectivity index (χ4v) is 4.44. The van der Waals surface area contributed by atoms with E-state index in [1.807, 2.05) is 5.43 Å². The number of phenols is 2. The molecule has 262 valence electrons. The Morgan fingerprint density at radius 3 is 1.65 bits per heavy atom. The van der Waals surface area contributed by atoms with E-state index in [1.54, 1.807) is 31.2 Å². The Morgan fingerprint density at radius 2 is 1.17 bits per heavy atom. The van der Waals surface area contributed by atoms with Gasteiger partial charge in [0.25, 0.3) is 5.91 Å². The van der Waals surface area contributed by atoms with Gasteiger partial charge in [0.1, 0.15) is 35.7 Å². The number of nitrogens with one attached hydrogen (secondary N) is 5. The molecule has 0 saturated heterocycles. The van der Waals surface area contributed by atoms with Gasteiger partial charge in [-0.25, -0.2) is 5.84 Å². The Balaban J connectivity index is 2.22. The molecule has 0 radical (unpaired) electrons. The average Bonchev–Trinajstić information content (AvgIpc) is 3.06. The quantitative estimate of drug-likeness (QED) is 0.0199. The SMILES string of the molecule is CCC(N)C(=O)NC(Cc1ccc(O)cc1)C(=O)NC(CCCN=C(N)N)C(=O)NC(C)C(=O)NC(Cc1ccc(O)cc1)C(=O)NN. The van der Waals surface area contributed by atoms with Crippen LogP contribution in [0.15, 0.2) is 53.5 Å². The monoisotopic (exact) mass is 670 g/mol. The van der Waals surface area contributed by atoms with Crippen molar-refractivity contribution in [3.05, 3.63) is 59.7 Å². The number of amides is 5. The summed E-state index contributed by atoms with van der Waals surface area (Å²) < 4.78 is 0. The maximum atomic E-state index is 13.6. The minimum Gasteiger partial charge on any atom is -0.508 e. The smallest absolute Gasteiger partial charge is 0.256 e. The van der Waals surface area contributed by atoms with Crippen molar-refractivity contribution in [3.63, 3.8) is 0 Å². The Hall–Kier alpha value is -5.42. The van der Waals surface area contributed by atoms with Gasteiger partial charge < -0.3 is 48.7 Å². The number of hydrazine groups is 1. The first-order valence-corrected chi connectivity index (χ1v) is 15.3. The number of aliphatic imine (C=N–C) groups is 1. The van der Waals surface area contributed by atoms with Gasteiger partial charge in [-0.05, 0) is 61.6 Å². The standard InChI is InChI=1S/C31H46N10O7/c1-3-22(32)27(45)40-24(15-18-6-10-20(42)11-7-18)29(47)38-23(5-4-14-36-31(33)34)28(46)37-17(2)26(44)39-25(30(48)41-35)16-19-8-12-21(43)13-9-19/h6-13,17,22-25,42-43H,3-5,14-16,32,35H2,1-2H3,(H,37,46)(H,38,47)(H,39,44)(H,40,45)(H,41,48)(H4,33,34,36). The van der Waals surface area contributed by atoms with E-state index in [0.717, 1.165) is 0 Å². The van der Waals surface area contributed by atoms with Crippen LogP contribution < -0.4 is 49.7 Å². The number of hydrogen-bond donors (Lipinski definition) is 11. The summed E-state index contributed by atoms with van der Waals surface area (Å²) >= 11 is 0. The number of carbonyl (C=O) groups excluding carboxylic acids is 5. The highest BCUT2D eigenvalue weighted by molar-refractivity contribution is 5.95. The number of carbonyl (C=O) groups is 5. The maximum Gasteiger partial charge on any atom is 0.256 e. The van der Waals surface area contributed by atoms with E-state index in [1.165, 1.54) is 31.2 Å². The molecule has 0 aliphatic carbocycles. The van der Waals surface area contributed by atoms with Crippen molar-refractivity contribution in [2.75, 3.05) is 6.54 Å². The molecule has 2 rings (SSSR count). The molecule has 48 heavy (non-hydrogen) atoms. The number of hydrogen-bond acceptors (Lipinski definition) is 10. The molecule has 0 bridgehead atoms. The van der Waals surface area contributed by atoms with E-state index in [4.69, 9.17) is 23.0 Å². The van der Waals surface area contributed by atoms with Crippen LogP contribution in [0, 0.1) is 0 Å². The molecule has 0 fully saturated rings. The zero-order chi connectivity index (χ0) is 35.8. The van der Waals surface area contributed by atoms with E-state index >= 15 is 0 Å². The molecule has 15 N–H and O–H groups in total. The van der Waals surface area contributed by atoms with Crippen molar-refractivity contribution in [3.8, 4) is 11.5 Å². The van der Waals surface area contributed by atoms with Gasteiger partial charge in [0.05, 0.1) is 6.04 Å². The van der Waals surface area contributed by atoms with Crippen molar-refractivity contribution in [2.45, 2.75) is 76.2 Å². The lowest BCUT2D eigenvalue weighted by Crippen LogP contribution is -2.59. The summed E-state index contributed by atoms with van der Waals surface area (Å²) in [6, 6.07) is 6.54. The van der Waals surface area contributed by atoms with Crippen LogP contribution >= 0.6 is 0 Å². The molecule has 0 heterocycles. The molecule has 5 atom stereocenters. The Labute approximate surface area is 278 Å². The summed E-state index contributed by atoms with van der Waals surface area (Å²) in [5, 5.41) is 29.5. The fraction of sp³-hybridized carbons (Fsp3) is 0.419. The second-order valence-electron chi connectivity index (χ2n) is 11.1. The average molecular weight is 671 g/mol. The molecule has 17 nitrogen and oxygen atoms in total. The second-order valence-corrected chi connectivity index (χ2v) is 11.1. The van der Waals surface area contributed by atoms with Crippen LogP contribution in [0.4, 0.5) is 0 Å². The predicted molar refractivity (Wildman–Crippen MR) is 178 cm³/mol. The second kappa shape index (κ2) is 19.3. The topological polar surface area (TPSA) is 302 Å². The van der Waals surface area contributed by atoms with Crippen LogP contribution in [0.25, 0.3) is 0 Å². The van der Waals surface area contributed by atoms with Crippen LogP contribution in [0.1, 0.15) is 44.2 Å². The van der Waals surface area contributed by atoms with E-state index in [9.17, 15) is 34.2 Å². The molecule has 5 amide bonds. The lowest BCUT2D eigenvalue weighted by molar-refractivity contribution is -0.134. The van der Waals surface area contributed by atoms with Crippen molar-refractivity contribution >= 4 is 35.5 Å². The number of rotatable bonds is 18. The number of nitrogens with two attached hydrogens (primary N) is 4. The van der Waals surface area contributed by atoms with Gasteiger partial charge in [-0.1, -0.05) is 31.2 Å². The molecule has 5 unspecified atom stereocenters. The zero-order valence-corrected chi connectivity index (χ0v) is 26.9. The molecule has 2 aromatic rings. The lowest BCUT2D eigenvalue weighted by atomic mass is 10.0. The molecule has 0 spiro atoms. The van der Waals surface area contributed by atoms with Gasteiger partial charge >= 0.3 is 0 Å². The first-order valence-electron chi connectivity index (χ1n) is 15.3. The molecule has 2 aromatic carbocycles. The van der Waals surface area contributed by atoms with Crippen LogP contribution in [-0.4, -0.2) is 82.5 Å². The normalized spacial score (nSPS) is 13.8. The number of guanidine groups is 1. The zero-order valence-electron chi connectivity index (χ0n) is 26.9. The lowest BCUT2D eigenvalue weighted by Gasteiger charge is -2.26. The highest BCUT2D eigenvalue weighted by atomic mass is 16.3. The summed E-state index contributed by atoms with van der Waals surface area (Å²) in [5.74, 6) is 1.79. The molecule has 17 heteroatoms. The molecule has 0 aliphatic heterocycles. The summed E-state index contributed by atoms with van der Waals surface area (Å²) in [6.07, 6.45) is 0.683. The van der Waals surface area contributed by atoms with Crippen molar-refractivity contribution in [1.29, 1.82) is 0 Å². The summed E-state index contributed by atoms with van der Waals surface area (Å²) in [7, 11) is 0. The third-order valence-electron chi connectivity index (χ3n) is 7.27. The first-order chi connectivity index (χ1) is 22.7. The molecule has 0 aromatic heterocycles. The summed E-state index contributed by atoms with van der Waals surface area (Å²) in [4.78, 5) is 69.1. The Kier molecular flexibility index (Phi) is 15.6. The molecular formula is C31H46N10O7.